The van der Waals surface area contributed by atoms with E-state index in [1.807, 2.05) is 0 Å². The van der Waals surface area contributed by atoms with Gasteiger partial charge in [-0.3, -0.25) is 9.59 Å². The Balaban J connectivity index is 3.25. The van der Waals surface area contributed by atoms with Crippen LogP contribution in [0.3, 0.4) is 0 Å². The second kappa shape index (κ2) is 5.91. The summed E-state index contributed by atoms with van der Waals surface area (Å²) in [5.41, 5.74) is -1.39. The van der Waals surface area contributed by atoms with E-state index in [9.17, 15) is 27.9 Å². The Morgan fingerprint density at radius 3 is 2.40 bits per heavy atom. The van der Waals surface area contributed by atoms with Crippen molar-refractivity contribution in [1.82, 2.24) is 0 Å². The van der Waals surface area contributed by atoms with Crippen LogP contribution in [0.1, 0.15) is 30.6 Å². The van der Waals surface area contributed by atoms with Gasteiger partial charge < -0.3 is 15.5 Å². The van der Waals surface area contributed by atoms with Crippen molar-refractivity contribution >= 4 is 17.6 Å². The molecule has 1 aromatic carbocycles. The molecule has 8 heteroatoms. The van der Waals surface area contributed by atoms with Crippen molar-refractivity contribution in [3.63, 3.8) is 0 Å². The van der Waals surface area contributed by atoms with E-state index in [4.69, 9.17) is 5.11 Å². The van der Waals surface area contributed by atoms with E-state index < -0.39 is 36.1 Å². The van der Waals surface area contributed by atoms with Gasteiger partial charge in [-0.05, 0) is 18.2 Å². The second-order valence-corrected chi connectivity index (χ2v) is 4.09. The maximum absolute atomic E-state index is 12.6. The van der Waals surface area contributed by atoms with Gasteiger partial charge in [-0.2, -0.15) is 13.2 Å². The van der Waals surface area contributed by atoms with E-state index in [0.717, 1.165) is 19.1 Å². The number of hydrogen-bond donors (Lipinski definition) is 3. The van der Waals surface area contributed by atoms with Crippen molar-refractivity contribution in [2.45, 2.75) is 25.6 Å². The number of benzene rings is 1. The van der Waals surface area contributed by atoms with E-state index in [2.05, 4.69) is 5.32 Å². The largest absolute Gasteiger partial charge is 0.481 e. The number of amides is 1. The molecule has 0 heterocycles. The average molecular weight is 291 g/mol. The van der Waals surface area contributed by atoms with Gasteiger partial charge in [0.25, 0.3) is 0 Å². The van der Waals surface area contributed by atoms with Crippen LogP contribution in [0.15, 0.2) is 18.2 Å². The number of carboxylic acid groups (broad SMARTS) is 1. The van der Waals surface area contributed by atoms with E-state index in [-0.39, 0.29) is 11.3 Å². The minimum atomic E-state index is -4.63. The molecule has 1 aromatic rings. The maximum atomic E-state index is 12.6. The zero-order valence-corrected chi connectivity index (χ0v) is 10.4. The first-order chi connectivity index (χ1) is 9.11. The molecule has 0 aromatic heterocycles. The van der Waals surface area contributed by atoms with Crippen molar-refractivity contribution in [2.24, 2.45) is 0 Å². The molecule has 0 bridgehead atoms. The lowest BCUT2D eigenvalue weighted by Gasteiger charge is -2.17. The van der Waals surface area contributed by atoms with Crippen LogP contribution in [0.4, 0.5) is 18.9 Å². The summed E-state index contributed by atoms with van der Waals surface area (Å²) in [6.07, 6.45) is -7.06. The van der Waals surface area contributed by atoms with E-state index in [1.165, 1.54) is 0 Å². The molecule has 0 fully saturated rings. The summed E-state index contributed by atoms with van der Waals surface area (Å²) in [7, 11) is 0. The number of aliphatic carboxylic acids is 1. The summed E-state index contributed by atoms with van der Waals surface area (Å²) < 4.78 is 37.8. The molecule has 1 amide bonds. The molecule has 1 atom stereocenters. The lowest BCUT2D eigenvalue weighted by atomic mass is 10.0. The number of carbonyl (C=O) groups excluding carboxylic acids is 1. The number of alkyl halides is 3. The van der Waals surface area contributed by atoms with Gasteiger partial charge in [-0.25, -0.2) is 0 Å². The molecular weight excluding hydrogens is 279 g/mol. The van der Waals surface area contributed by atoms with Gasteiger partial charge in [0.1, 0.15) is 0 Å². The van der Waals surface area contributed by atoms with Crippen LogP contribution >= 0.6 is 0 Å². The molecule has 1 rings (SSSR count). The second-order valence-electron chi connectivity index (χ2n) is 4.09. The van der Waals surface area contributed by atoms with Gasteiger partial charge in [-0.1, -0.05) is 0 Å². The summed E-state index contributed by atoms with van der Waals surface area (Å²) in [6, 6.07) is 2.34. The van der Waals surface area contributed by atoms with Crippen molar-refractivity contribution in [1.29, 1.82) is 0 Å². The molecule has 0 aliphatic carbocycles. The van der Waals surface area contributed by atoms with Crippen LogP contribution in [0.2, 0.25) is 0 Å². The van der Waals surface area contributed by atoms with Crippen molar-refractivity contribution in [2.75, 3.05) is 5.32 Å². The van der Waals surface area contributed by atoms with Gasteiger partial charge >= 0.3 is 12.1 Å². The first kappa shape index (κ1) is 16.0. The lowest BCUT2D eigenvalue weighted by molar-refractivity contribution is -0.139. The standard InChI is InChI=1S/C12H12F3NO4/c1-6(17)16-9-3-2-7(12(13,14)15)4-8(9)10(18)5-11(19)20/h2-4,10,18H,5H2,1H3,(H,16,17)(H,19,20). The van der Waals surface area contributed by atoms with Crippen LogP contribution in [-0.4, -0.2) is 22.1 Å². The van der Waals surface area contributed by atoms with Gasteiger partial charge in [0.2, 0.25) is 5.91 Å². The zero-order valence-electron chi connectivity index (χ0n) is 10.4. The van der Waals surface area contributed by atoms with Gasteiger partial charge in [0, 0.05) is 18.2 Å². The third-order valence-electron chi connectivity index (χ3n) is 2.42. The highest BCUT2D eigenvalue weighted by Crippen LogP contribution is 2.34. The zero-order chi connectivity index (χ0) is 15.5. The van der Waals surface area contributed by atoms with Crippen LogP contribution < -0.4 is 5.32 Å². The highest BCUT2D eigenvalue weighted by Gasteiger charge is 2.32. The minimum absolute atomic E-state index is 0.0562. The fourth-order valence-electron chi connectivity index (χ4n) is 1.59. The van der Waals surface area contributed by atoms with Crippen LogP contribution in [0, 0.1) is 0 Å². The average Bonchev–Trinajstić information content (AvgIpc) is 2.25. The highest BCUT2D eigenvalue weighted by atomic mass is 19.4. The van der Waals surface area contributed by atoms with Crippen LogP contribution in [0.5, 0.6) is 0 Å². The number of aliphatic hydroxyl groups excluding tert-OH is 1. The van der Waals surface area contributed by atoms with E-state index in [0.29, 0.717) is 6.07 Å². The Labute approximate surface area is 112 Å². The van der Waals surface area contributed by atoms with Gasteiger partial charge in [0.05, 0.1) is 18.1 Å². The minimum Gasteiger partial charge on any atom is -0.481 e. The Hall–Kier alpha value is -2.09. The molecule has 0 radical (unpaired) electrons. The molecule has 0 aliphatic rings. The van der Waals surface area contributed by atoms with Gasteiger partial charge in [0.15, 0.2) is 0 Å². The SMILES string of the molecule is CC(=O)Nc1ccc(C(F)(F)F)cc1C(O)CC(=O)O. The normalized spacial score (nSPS) is 12.8. The third kappa shape index (κ3) is 4.23. The molecule has 1 unspecified atom stereocenters. The number of hydrogen-bond acceptors (Lipinski definition) is 3. The summed E-state index contributed by atoms with van der Waals surface area (Å²) in [4.78, 5) is 21.5. The van der Waals surface area contributed by atoms with Gasteiger partial charge in [-0.15, -0.1) is 0 Å². The quantitative estimate of drug-likeness (QED) is 0.793. The maximum Gasteiger partial charge on any atom is 0.416 e. The monoisotopic (exact) mass is 291 g/mol. The lowest BCUT2D eigenvalue weighted by Crippen LogP contribution is -2.14. The molecule has 5 nitrogen and oxygen atoms in total. The first-order valence-electron chi connectivity index (χ1n) is 5.50. The predicted molar refractivity (Wildman–Crippen MR) is 63.0 cm³/mol. The molecule has 0 spiro atoms. The van der Waals surface area contributed by atoms with Crippen LogP contribution in [0.25, 0.3) is 0 Å². The summed E-state index contributed by atoms with van der Waals surface area (Å²) >= 11 is 0. The topological polar surface area (TPSA) is 86.6 Å². The fraction of sp³-hybridized carbons (Fsp3) is 0.333. The fourth-order valence-corrected chi connectivity index (χ4v) is 1.59. The summed E-state index contributed by atoms with van der Waals surface area (Å²) in [6.45, 7) is 1.14. The Bertz CT molecular complexity index is 528. The van der Waals surface area contributed by atoms with E-state index in [1.54, 1.807) is 0 Å². The number of carboxylic acids is 1. The molecule has 0 saturated carbocycles. The number of aliphatic hydroxyl groups is 1. The first-order valence-corrected chi connectivity index (χ1v) is 5.50. The molecule has 0 saturated heterocycles. The molecule has 3 N–H and O–H groups in total. The predicted octanol–water partition coefficient (Wildman–Crippen LogP) is 2.17. The smallest absolute Gasteiger partial charge is 0.416 e. The molecule has 0 aliphatic heterocycles. The van der Waals surface area contributed by atoms with Crippen molar-refractivity contribution in [3.8, 4) is 0 Å². The number of carbonyl (C=O) groups is 2. The third-order valence-corrected chi connectivity index (χ3v) is 2.42. The Morgan fingerprint density at radius 1 is 1.35 bits per heavy atom. The highest BCUT2D eigenvalue weighted by molar-refractivity contribution is 5.89. The molecular formula is C12H12F3NO4. The number of anilines is 1. The number of nitrogens with one attached hydrogen (secondary N) is 1. The van der Waals surface area contributed by atoms with Crippen LogP contribution in [-0.2, 0) is 15.8 Å². The number of rotatable bonds is 4. The molecule has 110 valence electrons. The molecule has 20 heavy (non-hydrogen) atoms. The van der Waals surface area contributed by atoms with Crippen molar-refractivity contribution in [3.05, 3.63) is 29.3 Å². The Morgan fingerprint density at radius 2 is 1.95 bits per heavy atom. The number of halogens is 3. The Kier molecular flexibility index (Phi) is 4.72. The summed E-state index contributed by atoms with van der Waals surface area (Å²) in [5, 5.41) is 20.5. The van der Waals surface area contributed by atoms with Crippen molar-refractivity contribution < 1.29 is 33.0 Å². The van der Waals surface area contributed by atoms with E-state index >= 15 is 0 Å². The summed E-state index contributed by atoms with van der Waals surface area (Å²) in [5.74, 6) is -1.92.